The number of carbonyl (C=O) groups is 1. The van der Waals surface area contributed by atoms with E-state index in [1.165, 1.54) is 25.4 Å². The molecule has 0 saturated heterocycles. The van der Waals surface area contributed by atoms with E-state index >= 15 is 0 Å². The highest BCUT2D eigenvalue weighted by Crippen LogP contribution is 2.34. The highest BCUT2D eigenvalue weighted by Gasteiger charge is 2.19. The van der Waals surface area contributed by atoms with Crippen LogP contribution in [0.25, 0.3) is 21.5 Å². The number of methoxy groups -OCH3 is 1. The normalized spacial score (nSPS) is 15.9. The van der Waals surface area contributed by atoms with E-state index in [0.29, 0.717) is 5.39 Å². The van der Waals surface area contributed by atoms with Gasteiger partial charge in [0.15, 0.2) is 6.10 Å². The Bertz CT molecular complexity index is 1510. The lowest BCUT2D eigenvalue weighted by Crippen LogP contribution is -2.24. The molecule has 2 aromatic carbocycles. The standard InChI is InChI=1S/C24H23NO5S/c1-15-19(25-23(30-15)16-6-4-3-5-7-16)10-12-29-20-9-8-17(14-21(28-2)24(26)27)22-18(20)11-13-31-22/h3-9,11,13,21H,10,12,14H2,1-2H3,(H,26,27)/t21-/m0/s1/i3D,4D,5D,6D,7D,12D2. The van der Waals surface area contributed by atoms with Gasteiger partial charge >= 0.3 is 5.97 Å². The molecule has 0 aliphatic rings. The van der Waals surface area contributed by atoms with Gasteiger partial charge in [-0.15, -0.1) is 11.3 Å². The highest BCUT2D eigenvalue weighted by atomic mass is 32.1. The van der Waals surface area contributed by atoms with Crippen molar-refractivity contribution in [2.75, 3.05) is 13.7 Å². The van der Waals surface area contributed by atoms with Crippen molar-refractivity contribution >= 4 is 27.4 Å². The fraction of sp³-hybridized carbons (Fsp3) is 0.250. The fourth-order valence-corrected chi connectivity index (χ4v) is 3.99. The number of aliphatic carboxylic acids is 1. The minimum absolute atomic E-state index is 0.133. The average molecular weight is 445 g/mol. The lowest BCUT2D eigenvalue weighted by atomic mass is 10.1. The Hall–Kier alpha value is -3.16. The fourth-order valence-electron chi connectivity index (χ4n) is 3.05. The molecule has 0 amide bonds. The number of hydrogen-bond donors (Lipinski definition) is 1. The topological polar surface area (TPSA) is 81.8 Å². The van der Waals surface area contributed by atoms with Crippen LogP contribution in [0.3, 0.4) is 0 Å². The summed E-state index contributed by atoms with van der Waals surface area (Å²) >= 11 is 1.37. The molecule has 4 rings (SSSR count). The van der Waals surface area contributed by atoms with Crippen molar-refractivity contribution in [3.05, 3.63) is 70.8 Å². The van der Waals surface area contributed by atoms with E-state index in [-0.39, 0.29) is 41.5 Å². The maximum absolute atomic E-state index is 11.4. The highest BCUT2D eigenvalue weighted by molar-refractivity contribution is 7.17. The quantitative estimate of drug-likeness (QED) is 0.385. The lowest BCUT2D eigenvalue weighted by Gasteiger charge is -2.13. The summed E-state index contributed by atoms with van der Waals surface area (Å²) in [6.45, 7) is -0.719. The molecule has 7 heteroatoms. The number of thiophene rings is 1. The van der Waals surface area contributed by atoms with Gasteiger partial charge in [-0.3, -0.25) is 0 Å². The summed E-state index contributed by atoms with van der Waals surface area (Å²) in [4.78, 5) is 15.6. The van der Waals surface area contributed by atoms with Gasteiger partial charge in [0.1, 0.15) is 11.5 Å². The minimum Gasteiger partial charge on any atom is -0.493 e. The van der Waals surface area contributed by atoms with E-state index in [2.05, 4.69) is 4.98 Å². The number of benzene rings is 2. The number of carboxylic acids is 1. The summed E-state index contributed by atoms with van der Waals surface area (Å²) < 4.78 is 73.8. The van der Waals surface area contributed by atoms with Gasteiger partial charge < -0.3 is 19.0 Å². The monoisotopic (exact) mass is 444 g/mol. The third-order valence-corrected chi connectivity index (χ3v) is 5.64. The third-order valence-electron chi connectivity index (χ3n) is 4.65. The number of aromatic nitrogens is 1. The van der Waals surface area contributed by atoms with Gasteiger partial charge in [-0.05, 0) is 42.1 Å². The number of hydrogen-bond acceptors (Lipinski definition) is 6. The maximum Gasteiger partial charge on any atom is 0.333 e. The van der Waals surface area contributed by atoms with E-state index in [9.17, 15) is 9.90 Å². The van der Waals surface area contributed by atoms with Crippen LogP contribution in [0.5, 0.6) is 5.75 Å². The van der Waals surface area contributed by atoms with Crippen LogP contribution in [0.1, 0.15) is 26.6 Å². The van der Waals surface area contributed by atoms with Crippen LogP contribution >= 0.6 is 11.3 Å². The molecular formula is C24H23NO5S. The van der Waals surface area contributed by atoms with Crippen LogP contribution in [0.15, 0.2) is 58.2 Å². The van der Waals surface area contributed by atoms with Crippen LogP contribution in [0, 0.1) is 6.92 Å². The van der Waals surface area contributed by atoms with Crippen molar-refractivity contribution in [1.82, 2.24) is 4.98 Å². The number of aryl methyl sites for hydroxylation is 2. The van der Waals surface area contributed by atoms with E-state index in [0.717, 1.165) is 10.3 Å². The van der Waals surface area contributed by atoms with Crippen LogP contribution in [0.4, 0.5) is 0 Å². The zero-order valence-corrected chi connectivity index (χ0v) is 17.6. The second-order valence-corrected chi connectivity index (χ2v) is 7.51. The number of ether oxygens (including phenoxy) is 2. The zero-order valence-electron chi connectivity index (χ0n) is 23.7. The molecule has 0 bridgehead atoms. The number of rotatable bonds is 9. The first-order valence-electron chi connectivity index (χ1n) is 12.8. The molecule has 0 saturated carbocycles. The third kappa shape index (κ3) is 4.62. The van der Waals surface area contributed by atoms with Crippen LogP contribution in [-0.2, 0) is 22.4 Å². The van der Waals surface area contributed by atoms with Crippen molar-refractivity contribution in [3.63, 3.8) is 0 Å². The molecule has 4 aromatic rings. The molecule has 2 heterocycles. The number of nitrogens with zero attached hydrogens (tertiary/aromatic N) is 1. The molecule has 0 fully saturated rings. The van der Waals surface area contributed by atoms with Crippen molar-refractivity contribution < 1.29 is 33.4 Å². The molecule has 1 atom stereocenters. The van der Waals surface area contributed by atoms with E-state index < -0.39 is 48.8 Å². The van der Waals surface area contributed by atoms with Gasteiger partial charge in [-0.2, -0.15) is 0 Å². The summed E-state index contributed by atoms with van der Waals surface area (Å²) in [5, 5.41) is 11.7. The Labute approximate surface area is 193 Å². The summed E-state index contributed by atoms with van der Waals surface area (Å²) in [5.41, 5.74) is 0.685. The predicted octanol–water partition coefficient (Wildman–Crippen LogP) is 5.13. The number of oxazole rings is 1. The van der Waals surface area contributed by atoms with Crippen molar-refractivity contribution in [2.45, 2.75) is 25.9 Å². The molecular weight excluding hydrogens is 414 g/mol. The van der Waals surface area contributed by atoms with Gasteiger partial charge in [-0.1, -0.05) is 24.2 Å². The molecule has 2 aromatic heterocycles. The Morgan fingerprint density at radius 1 is 1.32 bits per heavy atom. The van der Waals surface area contributed by atoms with Gasteiger partial charge in [0.25, 0.3) is 0 Å². The van der Waals surface area contributed by atoms with Gasteiger partial charge in [0.05, 0.1) is 21.8 Å². The van der Waals surface area contributed by atoms with E-state index in [1.807, 2.05) is 0 Å². The summed E-state index contributed by atoms with van der Waals surface area (Å²) in [7, 11) is 1.32. The number of carboxylic acid groups (broad SMARTS) is 1. The molecule has 31 heavy (non-hydrogen) atoms. The summed E-state index contributed by atoms with van der Waals surface area (Å²) in [6.07, 6.45) is -1.24. The molecule has 1 N–H and O–H groups in total. The largest absolute Gasteiger partial charge is 0.493 e. The van der Waals surface area contributed by atoms with E-state index in [4.69, 9.17) is 23.5 Å². The van der Waals surface area contributed by atoms with Gasteiger partial charge in [0, 0.05) is 35.6 Å². The van der Waals surface area contributed by atoms with Crippen molar-refractivity contribution in [2.24, 2.45) is 0 Å². The Morgan fingerprint density at radius 3 is 2.87 bits per heavy atom. The first-order chi connectivity index (χ1) is 17.8. The first-order valence-corrected chi connectivity index (χ1v) is 10.2. The molecule has 6 nitrogen and oxygen atoms in total. The Kier molecular flexibility index (Phi) is 4.21. The second kappa shape index (κ2) is 9.32. The summed E-state index contributed by atoms with van der Waals surface area (Å²) in [5.74, 6) is -0.818. The lowest BCUT2D eigenvalue weighted by molar-refractivity contribution is -0.148. The smallest absolute Gasteiger partial charge is 0.333 e. The minimum atomic E-state index is -2.26. The SMILES string of the molecule is [2H]c1c([2H])c([2H])c(-c2nc(CC([2H])([2H])Oc3ccc(C[C@H](OC)C(=O)O)c4sccc34)c(C)o2)c([2H])c1[2H]. The van der Waals surface area contributed by atoms with Gasteiger partial charge in [-0.25, -0.2) is 9.78 Å². The molecule has 160 valence electrons. The van der Waals surface area contributed by atoms with Crippen molar-refractivity contribution in [1.29, 1.82) is 0 Å². The molecule has 0 aliphatic heterocycles. The molecule has 0 radical (unpaired) electrons. The Morgan fingerprint density at radius 2 is 2.13 bits per heavy atom. The van der Waals surface area contributed by atoms with Crippen LogP contribution < -0.4 is 4.74 Å². The molecule has 0 aliphatic carbocycles. The van der Waals surface area contributed by atoms with Gasteiger partial charge in [0.2, 0.25) is 5.89 Å². The summed E-state index contributed by atoms with van der Waals surface area (Å²) in [6, 6.07) is 2.48. The van der Waals surface area contributed by atoms with Crippen molar-refractivity contribution in [3.8, 4) is 17.2 Å². The Balaban J connectivity index is 1.61. The van der Waals surface area contributed by atoms with Crippen LogP contribution in [-0.4, -0.2) is 35.8 Å². The van der Waals surface area contributed by atoms with E-state index in [1.54, 1.807) is 23.6 Å². The maximum atomic E-state index is 11.4. The first kappa shape index (κ1) is 14.0. The predicted molar refractivity (Wildman–Crippen MR) is 120 cm³/mol. The van der Waals surface area contributed by atoms with Crippen LogP contribution in [0.2, 0.25) is 0 Å². The number of fused-ring (bicyclic) bond motifs is 1. The second-order valence-electron chi connectivity index (χ2n) is 6.60. The molecule has 0 spiro atoms. The zero-order chi connectivity index (χ0) is 27.9. The average Bonchev–Trinajstić information content (AvgIpc) is 3.48. The molecule has 0 unspecified atom stereocenters.